The number of fused-ring (bicyclic) bond motifs is 2. The molecule has 15 heteroatoms. The average Bonchev–Trinajstić information content (AvgIpc) is 3.66. The lowest BCUT2D eigenvalue weighted by Crippen LogP contribution is -2.51. The van der Waals surface area contributed by atoms with Crippen molar-refractivity contribution >= 4 is 45.9 Å². The van der Waals surface area contributed by atoms with E-state index in [-0.39, 0.29) is 56.6 Å². The number of aliphatic hydroxyl groups is 1. The number of aromatic nitrogens is 3. The summed E-state index contributed by atoms with van der Waals surface area (Å²) < 4.78 is 57.2. The number of alkyl halides is 3. The van der Waals surface area contributed by atoms with Crippen molar-refractivity contribution in [2.75, 3.05) is 20.3 Å². The van der Waals surface area contributed by atoms with Crippen molar-refractivity contribution in [2.24, 2.45) is 5.73 Å². The van der Waals surface area contributed by atoms with Gasteiger partial charge < -0.3 is 25.6 Å². The van der Waals surface area contributed by atoms with Gasteiger partial charge in [-0.3, -0.25) is 14.3 Å². The van der Waals surface area contributed by atoms with Gasteiger partial charge in [0.1, 0.15) is 34.7 Å². The van der Waals surface area contributed by atoms with Gasteiger partial charge in [-0.05, 0) is 50.1 Å². The number of pyridine rings is 1. The highest BCUT2D eigenvalue weighted by Crippen LogP contribution is 2.48. The summed E-state index contributed by atoms with van der Waals surface area (Å²) in [5.41, 5.74) is 0.0258. The number of carbonyl (C=O) groups excluding carboxylic acids is 2. The van der Waals surface area contributed by atoms with E-state index in [9.17, 15) is 27.9 Å². The van der Waals surface area contributed by atoms with Gasteiger partial charge in [0.2, 0.25) is 11.5 Å². The lowest BCUT2D eigenvalue weighted by molar-refractivity contribution is -0.265. The third-order valence-corrected chi connectivity index (χ3v) is 8.94. The molecule has 0 saturated heterocycles. The summed E-state index contributed by atoms with van der Waals surface area (Å²) in [5, 5.41) is 18.9. The number of rotatable bonds is 8. The summed E-state index contributed by atoms with van der Waals surface area (Å²) in [6, 6.07) is 8.25. The van der Waals surface area contributed by atoms with E-state index in [1.54, 1.807) is 10.9 Å². The Morgan fingerprint density at radius 3 is 2.56 bits per heavy atom. The van der Waals surface area contributed by atoms with Crippen LogP contribution in [0.25, 0.3) is 22.2 Å². The topological polar surface area (TPSA) is 142 Å². The molecule has 236 valence electrons. The van der Waals surface area contributed by atoms with E-state index in [0.717, 1.165) is 18.9 Å². The third-order valence-electron chi connectivity index (χ3n) is 8.20. The monoisotopic (exact) mass is 663 g/mol. The Morgan fingerprint density at radius 2 is 1.93 bits per heavy atom. The van der Waals surface area contributed by atoms with Gasteiger partial charge in [-0.25, -0.2) is 4.98 Å². The molecule has 45 heavy (non-hydrogen) atoms. The number of nitrogens with zero attached hydrogens (tertiary/aromatic N) is 3. The average molecular weight is 664 g/mol. The summed E-state index contributed by atoms with van der Waals surface area (Å²) >= 11 is 12.2. The fraction of sp³-hybridized carbons (Fsp3) is 0.333. The van der Waals surface area contributed by atoms with Crippen LogP contribution in [0.1, 0.15) is 47.4 Å². The maximum atomic E-state index is 14.8. The second kappa shape index (κ2) is 10.8. The number of nitrogens with two attached hydrogens (primary N) is 1. The molecule has 2 atom stereocenters. The molecule has 0 unspecified atom stereocenters. The van der Waals surface area contributed by atoms with Crippen LogP contribution in [0.4, 0.5) is 13.2 Å². The standard InChI is InChI=1S/C30H26Cl2F3N5O5/c1-28(27(36)42)13-45-25-18(28)10-22(38-24(25)14-3-6-19(31)20(32)8-14)29(43,30(33,34)35)12-37-26(41)15-7-16-11-40(17-4-5-17)39-23(16)21(9-15)44-2/h3,6-11,17,43H,4-5,12-13H2,1-2H3,(H2,36,42)(H,37,41)/t28-,29-/m0/s1. The zero-order valence-electron chi connectivity index (χ0n) is 23.8. The van der Waals surface area contributed by atoms with Crippen molar-refractivity contribution in [3.05, 3.63) is 69.5 Å². The van der Waals surface area contributed by atoms with Crippen molar-refractivity contribution in [1.82, 2.24) is 20.1 Å². The molecule has 1 saturated carbocycles. The summed E-state index contributed by atoms with van der Waals surface area (Å²) in [6.45, 7) is -0.190. The van der Waals surface area contributed by atoms with E-state index in [1.807, 2.05) is 0 Å². The van der Waals surface area contributed by atoms with E-state index < -0.39 is 41.2 Å². The number of hydrogen-bond donors (Lipinski definition) is 3. The molecule has 1 aliphatic carbocycles. The fourth-order valence-corrected chi connectivity index (χ4v) is 5.52. The minimum Gasteiger partial charge on any atom is -0.494 e. The first kappa shape index (κ1) is 30.9. The molecule has 1 aliphatic heterocycles. The normalized spacial score (nSPS) is 19.1. The molecule has 0 bridgehead atoms. The Kier molecular flexibility index (Phi) is 7.41. The number of hydrogen-bond acceptors (Lipinski definition) is 7. The first-order valence-electron chi connectivity index (χ1n) is 13.7. The van der Waals surface area contributed by atoms with Gasteiger partial charge in [0.25, 0.3) is 5.91 Å². The lowest BCUT2D eigenvalue weighted by atomic mass is 9.81. The van der Waals surface area contributed by atoms with E-state index >= 15 is 0 Å². The van der Waals surface area contributed by atoms with Gasteiger partial charge in [-0.2, -0.15) is 18.3 Å². The first-order chi connectivity index (χ1) is 21.2. The van der Waals surface area contributed by atoms with E-state index in [1.165, 1.54) is 44.4 Å². The lowest BCUT2D eigenvalue weighted by Gasteiger charge is -2.31. The first-order valence-corrected chi connectivity index (χ1v) is 14.5. The number of carbonyl (C=O) groups is 2. The number of halogens is 5. The zero-order valence-corrected chi connectivity index (χ0v) is 25.3. The Balaban J connectivity index is 1.41. The van der Waals surface area contributed by atoms with Crippen LogP contribution in [0.2, 0.25) is 10.0 Å². The molecule has 4 N–H and O–H groups in total. The second-order valence-corrected chi connectivity index (χ2v) is 12.2. The number of methoxy groups -OCH3 is 1. The molecule has 2 aromatic heterocycles. The zero-order chi connectivity index (χ0) is 32.5. The molecule has 3 heterocycles. The molecule has 0 spiro atoms. The molecule has 10 nitrogen and oxygen atoms in total. The highest BCUT2D eigenvalue weighted by Gasteiger charge is 2.57. The Hall–Kier alpha value is -4.07. The van der Waals surface area contributed by atoms with Gasteiger partial charge in [-0.1, -0.05) is 29.3 Å². The number of benzene rings is 2. The summed E-state index contributed by atoms with van der Waals surface area (Å²) in [5.74, 6) is -1.51. The van der Waals surface area contributed by atoms with Crippen molar-refractivity contribution in [3.63, 3.8) is 0 Å². The van der Waals surface area contributed by atoms with Crippen LogP contribution in [0.15, 0.2) is 42.6 Å². The minimum absolute atomic E-state index is 0.000796. The van der Waals surface area contributed by atoms with Crippen molar-refractivity contribution < 1.29 is 37.3 Å². The smallest absolute Gasteiger partial charge is 0.424 e. The third kappa shape index (κ3) is 5.22. The van der Waals surface area contributed by atoms with Crippen LogP contribution in [-0.2, 0) is 15.8 Å². The number of nitrogens with one attached hydrogen (secondary N) is 1. The minimum atomic E-state index is -5.34. The highest BCUT2D eigenvalue weighted by atomic mass is 35.5. The molecule has 2 amide bonds. The van der Waals surface area contributed by atoms with E-state index in [2.05, 4.69) is 15.4 Å². The molecular formula is C30H26Cl2F3N5O5. The number of ether oxygens (including phenoxy) is 2. The van der Waals surface area contributed by atoms with Crippen molar-refractivity contribution in [2.45, 2.75) is 43.0 Å². The maximum absolute atomic E-state index is 14.8. The molecular weight excluding hydrogens is 638 g/mol. The van der Waals surface area contributed by atoms with Crippen LogP contribution < -0.4 is 20.5 Å². The highest BCUT2D eigenvalue weighted by molar-refractivity contribution is 6.42. The Labute approximate surface area is 264 Å². The van der Waals surface area contributed by atoms with Gasteiger partial charge >= 0.3 is 6.18 Å². The SMILES string of the molecule is COc1cc(C(=O)NC[C@](O)(c2cc3c(c(-c4ccc(Cl)c(Cl)c4)n2)OC[C@]3(C)C(N)=O)C(F)(F)F)cc2cn(C3CC3)nc12. The molecule has 1 fully saturated rings. The van der Waals surface area contributed by atoms with E-state index in [0.29, 0.717) is 10.9 Å². The van der Waals surface area contributed by atoms with Crippen LogP contribution in [0.5, 0.6) is 11.5 Å². The second-order valence-electron chi connectivity index (χ2n) is 11.3. The van der Waals surface area contributed by atoms with E-state index in [4.69, 9.17) is 38.4 Å². The summed E-state index contributed by atoms with van der Waals surface area (Å²) in [6.07, 6.45) is -1.66. The van der Waals surface area contributed by atoms with Crippen molar-refractivity contribution in [3.8, 4) is 22.8 Å². The van der Waals surface area contributed by atoms with Gasteiger partial charge in [0.15, 0.2) is 0 Å². The summed E-state index contributed by atoms with van der Waals surface area (Å²) in [4.78, 5) is 29.9. The predicted molar refractivity (Wildman–Crippen MR) is 159 cm³/mol. The molecule has 2 aliphatic rings. The number of amides is 2. The van der Waals surface area contributed by atoms with Crippen LogP contribution in [-0.4, -0.2) is 58.1 Å². The molecule has 2 aromatic carbocycles. The van der Waals surface area contributed by atoms with Gasteiger partial charge in [0, 0.05) is 28.3 Å². The number of primary amides is 1. The molecule has 6 rings (SSSR count). The van der Waals surface area contributed by atoms with Crippen LogP contribution >= 0.6 is 23.2 Å². The maximum Gasteiger partial charge on any atom is 0.424 e. The predicted octanol–water partition coefficient (Wildman–Crippen LogP) is 5.06. The molecule has 4 aromatic rings. The van der Waals surface area contributed by atoms with Crippen LogP contribution in [0.3, 0.4) is 0 Å². The largest absolute Gasteiger partial charge is 0.494 e. The van der Waals surface area contributed by atoms with Gasteiger partial charge in [0.05, 0.1) is 35.4 Å². The Bertz CT molecular complexity index is 1880. The molecule has 0 radical (unpaired) electrons. The van der Waals surface area contributed by atoms with Gasteiger partial charge in [-0.15, -0.1) is 0 Å². The fourth-order valence-electron chi connectivity index (χ4n) is 5.22. The summed E-state index contributed by atoms with van der Waals surface area (Å²) in [7, 11) is 1.39. The van der Waals surface area contributed by atoms with Crippen molar-refractivity contribution in [1.29, 1.82) is 0 Å². The van der Waals surface area contributed by atoms with Crippen LogP contribution in [0, 0.1) is 0 Å². The quantitative estimate of drug-likeness (QED) is 0.239. The Morgan fingerprint density at radius 1 is 1.20 bits per heavy atom.